The molecule has 0 bridgehead atoms. The highest BCUT2D eigenvalue weighted by Gasteiger charge is 2.24. The van der Waals surface area contributed by atoms with Crippen LogP contribution in [0, 0.1) is 5.82 Å². The maximum atomic E-state index is 13.1. The van der Waals surface area contributed by atoms with E-state index in [9.17, 15) is 4.39 Å². The number of ether oxygens (including phenoxy) is 2. The number of hydrogen-bond donors (Lipinski definition) is 1. The molecule has 0 amide bonds. The lowest BCUT2D eigenvalue weighted by Crippen LogP contribution is -2.46. The van der Waals surface area contributed by atoms with E-state index in [2.05, 4.69) is 5.32 Å². The molecule has 4 heteroatoms. The monoisotopic (exact) mass is 239 g/mol. The summed E-state index contributed by atoms with van der Waals surface area (Å²) in [5.41, 5.74) is 0.971. The second-order valence-corrected chi connectivity index (χ2v) is 4.21. The van der Waals surface area contributed by atoms with Crippen LogP contribution in [0.2, 0.25) is 0 Å². The summed E-state index contributed by atoms with van der Waals surface area (Å²) in [4.78, 5) is 0. The Morgan fingerprint density at radius 3 is 3.00 bits per heavy atom. The van der Waals surface area contributed by atoms with Crippen molar-refractivity contribution in [2.45, 2.75) is 18.6 Å². The van der Waals surface area contributed by atoms with Crippen LogP contribution < -0.4 is 5.32 Å². The van der Waals surface area contributed by atoms with Gasteiger partial charge in [0.25, 0.3) is 0 Å². The van der Waals surface area contributed by atoms with Gasteiger partial charge in [-0.2, -0.15) is 0 Å². The van der Waals surface area contributed by atoms with Crippen LogP contribution >= 0.6 is 0 Å². The van der Waals surface area contributed by atoms with Gasteiger partial charge in [-0.15, -0.1) is 0 Å². The summed E-state index contributed by atoms with van der Waals surface area (Å²) in [6, 6.07) is 6.83. The van der Waals surface area contributed by atoms with E-state index in [1.807, 2.05) is 13.1 Å². The largest absolute Gasteiger partial charge is 0.376 e. The third kappa shape index (κ3) is 3.49. The van der Waals surface area contributed by atoms with Crippen molar-refractivity contribution in [2.75, 3.05) is 26.9 Å². The molecule has 1 aromatic rings. The highest BCUT2D eigenvalue weighted by atomic mass is 19.1. The average Bonchev–Trinajstić information content (AvgIpc) is 2.37. The van der Waals surface area contributed by atoms with E-state index in [1.54, 1.807) is 12.1 Å². The zero-order valence-electron chi connectivity index (χ0n) is 9.99. The molecular weight excluding hydrogens is 221 g/mol. The molecule has 1 saturated heterocycles. The first kappa shape index (κ1) is 12.5. The summed E-state index contributed by atoms with van der Waals surface area (Å²) in [5.74, 6) is -0.196. The molecule has 17 heavy (non-hydrogen) atoms. The van der Waals surface area contributed by atoms with Gasteiger partial charge in [-0.05, 0) is 31.2 Å². The van der Waals surface area contributed by atoms with Gasteiger partial charge in [0, 0.05) is 6.04 Å². The SMILES string of the molecule is CNC(Cc1cccc(F)c1)C1COCCO1. The van der Waals surface area contributed by atoms with E-state index in [4.69, 9.17) is 9.47 Å². The van der Waals surface area contributed by atoms with Crippen LogP contribution in [-0.2, 0) is 15.9 Å². The Labute approximate surface area is 101 Å². The zero-order chi connectivity index (χ0) is 12.1. The van der Waals surface area contributed by atoms with Crippen LogP contribution in [0.3, 0.4) is 0 Å². The number of likely N-dealkylation sites (N-methyl/N-ethyl adjacent to an activating group) is 1. The number of nitrogens with one attached hydrogen (secondary N) is 1. The second kappa shape index (κ2) is 6.10. The summed E-state index contributed by atoms with van der Waals surface area (Å²) < 4.78 is 24.1. The number of hydrogen-bond acceptors (Lipinski definition) is 3. The Balaban J connectivity index is 1.98. The Hall–Kier alpha value is -0.970. The third-order valence-corrected chi connectivity index (χ3v) is 3.01. The smallest absolute Gasteiger partial charge is 0.123 e. The molecule has 0 aliphatic carbocycles. The van der Waals surface area contributed by atoms with Gasteiger partial charge in [-0.3, -0.25) is 0 Å². The fourth-order valence-electron chi connectivity index (χ4n) is 2.08. The predicted molar refractivity (Wildman–Crippen MR) is 63.5 cm³/mol. The van der Waals surface area contributed by atoms with Gasteiger partial charge in [-0.25, -0.2) is 4.39 Å². The van der Waals surface area contributed by atoms with Crippen molar-refractivity contribution >= 4 is 0 Å². The summed E-state index contributed by atoms with van der Waals surface area (Å²) in [6.07, 6.45) is 0.777. The molecule has 1 fully saturated rings. The molecule has 0 radical (unpaired) electrons. The van der Waals surface area contributed by atoms with Crippen LogP contribution in [0.4, 0.5) is 4.39 Å². The Bertz CT molecular complexity index is 353. The highest BCUT2D eigenvalue weighted by molar-refractivity contribution is 5.17. The summed E-state index contributed by atoms with van der Waals surface area (Å²) in [7, 11) is 1.89. The van der Waals surface area contributed by atoms with Crippen LogP contribution in [-0.4, -0.2) is 39.0 Å². The van der Waals surface area contributed by atoms with Gasteiger partial charge in [0.1, 0.15) is 5.82 Å². The zero-order valence-corrected chi connectivity index (χ0v) is 9.99. The third-order valence-electron chi connectivity index (χ3n) is 3.01. The first-order valence-electron chi connectivity index (χ1n) is 5.90. The molecule has 0 aromatic heterocycles. The van der Waals surface area contributed by atoms with E-state index in [0.29, 0.717) is 19.8 Å². The molecule has 1 N–H and O–H groups in total. The van der Waals surface area contributed by atoms with Crippen molar-refractivity contribution in [3.8, 4) is 0 Å². The lowest BCUT2D eigenvalue weighted by molar-refractivity contribution is -0.100. The predicted octanol–water partition coefficient (Wildman–Crippen LogP) is 1.37. The van der Waals surface area contributed by atoms with Crippen molar-refractivity contribution in [1.29, 1.82) is 0 Å². The molecule has 1 aliphatic rings. The van der Waals surface area contributed by atoms with Crippen molar-refractivity contribution < 1.29 is 13.9 Å². The maximum Gasteiger partial charge on any atom is 0.123 e. The van der Waals surface area contributed by atoms with Crippen molar-refractivity contribution in [1.82, 2.24) is 5.32 Å². The van der Waals surface area contributed by atoms with E-state index in [-0.39, 0.29) is 18.0 Å². The summed E-state index contributed by atoms with van der Waals surface area (Å²) >= 11 is 0. The number of benzene rings is 1. The molecule has 2 rings (SSSR count). The van der Waals surface area contributed by atoms with Crippen LogP contribution in [0.15, 0.2) is 24.3 Å². The lowest BCUT2D eigenvalue weighted by atomic mass is 10.0. The molecule has 1 heterocycles. The fraction of sp³-hybridized carbons (Fsp3) is 0.538. The maximum absolute atomic E-state index is 13.1. The highest BCUT2D eigenvalue weighted by Crippen LogP contribution is 2.12. The topological polar surface area (TPSA) is 30.5 Å². The summed E-state index contributed by atoms with van der Waals surface area (Å²) in [6.45, 7) is 1.89. The minimum atomic E-state index is -0.196. The standard InChI is InChI=1S/C13H18FNO2/c1-15-12(13-9-16-5-6-17-13)8-10-3-2-4-11(14)7-10/h2-4,7,12-13,15H,5-6,8-9H2,1H3. The Kier molecular flexibility index (Phi) is 4.48. The first-order valence-corrected chi connectivity index (χ1v) is 5.90. The van der Waals surface area contributed by atoms with Crippen molar-refractivity contribution in [3.05, 3.63) is 35.6 Å². The molecule has 0 saturated carbocycles. The molecule has 1 aromatic carbocycles. The fourth-order valence-corrected chi connectivity index (χ4v) is 2.08. The van der Waals surface area contributed by atoms with Crippen molar-refractivity contribution in [3.63, 3.8) is 0 Å². The van der Waals surface area contributed by atoms with Gasteiger partial charge in [0.2, 0.25) is 0 Å². The van der Waals surface area contributed by atoms with Gasteiger partial charge in [0.05, 0.1) is 25.9 Å². The number of halogens is 1. The Morgan fingerprint density at radius 1 is 1.47 bits per heavy atom. The van der Waals surface area contributed by atoms with Gasteiger partial charge >= 0.3 is 0 Å². The van der Waals surface area contributed by atoms with Crippen molar-refractivity contribution in [2.24, 2.45) is 0 Å². The summed E-state index contributed by atoms with van der Waals surface area (Å²) in [5, 5.41) is 3.21. The van der Waals surface area contributed by atoms with E-state index >= 15 is 0 Å². The second-order valence-electron chi connectivity index (χ2n) is 4.21. The molecule has 94 valence electrons. The van der Waals surface area contributed by atoms with Crippen LogP contribution in [0.5, 0.6) is 0 Å². The van der Waals surface area contributed by atoms with Crippen LogP contribution in [0.1, 0.15) is 5.56 Å². The molecule has 2 atom stereocenters. The molecular formula is C13H18FNO2. The normalized spacial score (nSPS) is 22.4. The van der Waals surface area contributed by atoms with Gasteiger partial charge in [-0.1, -0.05) is 12.1 Å². The quantitative estimate of drug-likeness (QED) is 0.861. The molecule has 2 unspecified atom stereocenters. The van der Waals surface area contributed by atoms with Gasteiger partial charge in [0.15, 0.2) is 0 Å². The lowest BCUT2D eigenvalue weighted by Gasteiger charge is -2.30. The minimum absolute atomic E-state index is 0.0389. The average molecular weight is 239 g/mol. The van der Waals surface area contributed by atoms with E-state index in [0.717, 1.165) is 12.0 Å². The van der Waals surface area contributed by atoms with E-state index < -0.39 is 0 Å². The molecule has 3 nitrogen and oxygen atoms in total. The van der Waals surface area contributed by atoms with E-state index in [1.165, 1.54) is 6.07 Å². The molecule has 0 spiro atoms. The minimum Gasteiger partial charge on any atom is -0.376 e. The molecule has 1 aliphatic heterocycles. The first-order chi connectivity index (χ1) is 8.29. The number of rotatable bonds is 4. The van der Waals surface area contributed by atoms with Crippen LogP contribution in [0.25, 0.3) is 0 Å². The van der Waals surface area contributed by atoms with Gasteiger partial charge < -0.3 is 14.8 Å². The Morgan fingerprint density at radius 2 is 2.35 bits per heavy atom.